The molecule has 0 fully saturated rings. The van der Waals surface area contributed by atoms with E-state index in [1.54, 1.807) is 36.4 Å². The van der Waals surface area contributed by atoms with Gasteiger partial charge in [0.15, 0.2) is 0 Å². The first-order chi connectivity index (χ1) is 11.4. The molecule has 0 unspecified atom stereocenters. The molecule has 0 amide bonds. The van der Waals surface area contributed by atoms with Crippen LogP contribution in [0.4, 0.5) is 0 Å². The quantitative estimate of drug-likeness (QED) is 0.297. The van der Waals surface area contributed by atoms with Gasteiger partial charge < -0.3 is 9.47 Å². The van der Waals surface area contributed by atoms with Crippen molar-refractivity contribution in [2.75, 3.05) is 13.7 Å². The number of halogens is 3. The van der Waals surface area contributed by atoms with Crippen molar-refractivity contribution in [2.45, 2.75) is 13.3 Å². The summed E-state index contributed by atoms with van der Waals surface area (Å²) in [5, 5.41) is 1.75. The summed E-state index contributed by atoms with van der Waals surface area (Å²) in [7, 11) is 1.35. The van der Waals surface area contributed by atoms with Gasteiger partial charge in [-0.15, -0.1) is 0 Å². The second-order valence-electron chi connectivity index (χ2n) is 4.60. The molecule has 0 aliphatic carbocycles. The topological polar surface area (TPSA) is 52.6 Å². The molecule has 0 aliphatic rings. The molecule has 0 saturated carbocycles. The number of rotatable bonds is 4. The first-order valence-electron chi connectivity index (χ1n) is 6.95. The summed E-state index contributed by atoms with van der Waals surface area (Å²) in [6.07, 6.45) is 0.793. The van der Waals surface area contributed by atoms with E-state index in [-0.39, 0.29) is 16.9 Å². The molecular weight excluding hydrogens is 688 g/mol. The van der Waals surface area contributed by atoms with Gasteiger partial charge in [0.25, 0.3) is 0 Å². The molecule has 0 radical (unpaired) electrons. The molecule has 0 bridgehead atoms. The summed E-state index contributed by atoms with van der Waals surface area (Å²) < 4.78 is 9.77. The maximum absolute atomic E-state index is 11.8. The van der Waals surface area contributed by atoms with Crippen molar-refractivity contribution in [2.24, 2.45) is 0 Å². The zero-order valence-corrected chi connectivity index (χ0v) is 21.0. The van der Waals surface area contributed by atoms with Crippen molar-refractivity contribution >= 4 is 82.6 Å². The Labute approximate surface area is 179 Å². The van der Waals surface area contributed by atoms with Gasteiger partial charge in [0, 0.05) is 0 Å². The Bertz CT molecular complexity index is 704. The molecular formula is C16H16I3O4V. The molecule has 8 heteroatoms. The van der Waals surface area contributed by atoms with Gasteiger partial charge in [0.1, 0.15) is 0 Å². The second kappa shape index (κ2) is 11.9. The van der Waals surface area contributed by atoms with E-state index in [1.165, 1.54) is 7.11 Å². The Morgan fingerprint density at radius 1 is 0.958 bits per heavy atom. The average molecular weight is 704 g/mol. The summed E-state index contributed by atoms with van der Waals surface area (Å²) in [5.41, 5.74) is 0.998. The molecule has 0 aliphatic heterocycles. The molecule has 0 saturated heterocycles. The number of fused-ring (bicyclic) bond motifs is 1. The third-order valence-corrected chi connectivity index (χ3v) is 2.93. The minimum atomic E-state index is -0.377. The summed E-state index contributed by atoms with van der Waals surface area (Å²) in [6, 6.07) is 10.5. The van der Waals surface area contributed by atoms with Crippen molar-refractivity contribution < 1.29 is 24.0 Å². The van der Waals surface area contributed by atoms with Crippen LogP contribution in [0.2, 0.25) is 0 Å². The number of carbonyl (C=O) groups is 2. The molecule has 2 aromatic carbocycles. The third-order valence-electron chi connectivity index (χ3n) is 2.93. The van der Waals surface area contributed by atoms with Crippen molar-refractivity contribution in [1.29, 1.82) is 0 Å². The average Bonchev–Trinajstić information content (AvgIpc) is 2.57. The van der Waals surface area contributed by atoms with Crippen LogP contribution < -0.4 is 0 Å². The first kappa shape index (κ1) is 22.5. The van der Waals surface area contributed by atoms with Crippen LogP contribution in [-0.4, -0.2) is 25.7 Å². The SMILES string of the molecule is CCCOC(=O)c1ccc2cc(C(=O)OC)ccc2c1.[I][V]([I])[I]. The van der Waals surface area contributed by atoms with Crippen LogP contribution in [0, 0.1) is 0 Å². The van der Waals surface area contributed by atoms with E-state index in [0.717, 1.165) is 17.2 Å². The molecule has 0 atom stereocenters. The van der Waals surface area contributed by atoms with Crippen LogP contribution in [0.25, 0.3) is 10.8 Å². The molecule has 24 heavy (non-hydrogen) atoms. The summed E-state index contributed by atoms with van der Waals surface area (Å²) in [4.78, 5) is 22.9. The molecule has 0 heterocycles. The first-order valence-corrected chi connectivity index (χ1v) is 20.5. The van der Waals surface area contributed by atoms with Gasteiger partial charge in [0.05, 0.1) is 24.8 Å². The molecule has 130 valence electrons. The van der Waals surface area contributed by atoms with Gasteiger partial charge >= 0.3 is 76.8 Å². The molecule has 2 rings (SSSR count). The fourth-order valence-corrected chi connectivity index (χ4v) is 1.90. The van der Waals surface area contributed by atoms with E-state index < -0.39 is 0 Å². The zero-order chi connectivity index (χ0) is 18.1. The molecule has 0 spiro atoms. The van der Waals surface area contributed by atoms with Crippen molar-refractivity contribution in [1.82, 2.24) is 0 Å². The third kappa shape index (κ3) is 7.75. The van der Waals surface area contributed by atoms with Gasteiger partial charge in [-0.2, -0.15) is 0 Å². The van der Waals surface area contributed by atoms with Crippen LogP contribution in [0.15, 0.2) is 36.4 Å². The van der Waals surface area contributed by atoms with E-state index in [9.17, 15) is 9.59 Å². The Morgan fingerprint density at radius 2 is 1.42 bits per heavy atom. The van der Waals surface area contributed by atoms with Crippen LogP contribution in [0.1, 0.15) is 34.1 Å². The number of methoxy groups -OCH3 is 1. The molecule has 2 aromatic rings. The summed E-state index contributed by atoms with van der Waals surface area (Å²) in [5.74, 6) is -0.705. The van der Waals surface area contributed by atoms with Crippen LogP contribution >= 0.6 is 59.9 Å². The number of esters is 2. The van der Waals surface area contributed by atoms with Gasteiger partial charge in [-0.1, -0.05) is 19.1 Å². The molecule has 0 aromatic heterocycles. The van der Waals surface area contributed by atoms with Crippen molar-refractivity contribution in [3.63, 3.8) is 0 Å². The monoisotopic (exact) mass is 704 g/mol. The van der Waals surface area contributed by atoms with Gasteiger partial charge in [0.2, 0.25) is 0 Å². The predicted octanol–water partition coefficient (Wildman–Crippen LogP) is 5.85. The normalized spacial score (nSPS) is 10.1. The summed E-state index contributed by atoms with van der Waals surface area (Å²) >= 11 is 7.39. The Kier molecular flexibility index (Phi) is 11.2. The Balaban J connectivity index is 0.000000648. The molecule has 0 N–H and O–H groups in total. The van der Waals surface area contributed by atoms with Crippen LogP contribution in [0.3, 0.4) is 0 Å². The Hall–Kier alpha value is 0.414. The van der Waals surface area contributed by atoms with Crippen LogP contribution in [-0.2, 0) is 14.4 Å². The van der Waals surface area contributed by atoms with E-state index >= 15 is 0 Å². The van der Waals surface area contributed by atoms with E-state index in [0.29, 0.717) is 17.7 Å². The van der Waals surface area contributed by atoms with Gasteiger partial charge in [-0.05, 0) is 41.5 Å². The van der Waals surface area contributed by atoms with E-state index in [2.05, 4.69) is 64.7 Å². The predicted molar refractivity (Wildman–Crippen MR) is 118 cm³/mol. The standard InChI is InChI=1S/C16H16O4.3HI.V/c1-3-8-20-16(18)14-7-5-11-9-13(15(17)19-2)6-4-12(11)10-14;;;;/h4-7,9-10H,3,8H2,1-2H3;3*1H;/q;;;;+3/p-3. The minimum absolute atomic E-state index is 0.278. The zero-order valence-electron chi connectivity index (χ0n) is 13.1. The van der Waals surface area contributed by atoms with Crippen LogP contribution in [0.5, 0.6) is 0 Å². The van der Waals surface area contributed by atoms with Gasteiger partial charge in [-0.3, -0.25) is 0 Å². The molecule has 4 nitrogen and oxygen atoms in total. The second-order valence-corrected chi connectivity index (χ2v) is 40.0. The fourth-order valence-electron chi connectivity index (χ4n) is 1.90. The Morgan fingerprint density at radius 3 is 1.83 bits per heavy atom. The number of benzene rings is 2. The van der Waals surface area contributed by atoms with Crippen molar-refractivity contribution in [3.8, 4) is 0 Å². The van der Waals surface area contributed by atoms with E-state index in [4.69, 9.17) is 4.74 Å². The van der Waals surface area contributed by atoms with E-state index in [1.807, 2.05) is 6.92 Å². The maximum atomic E-state index is 11.8. The summed E-state index contributed by atoms with van der Waals surface area (Å²) in [6.45, 7) is 2.36. The number of hydrogen-bond donors (Lipinski definition) is 0. The number of hydrogen-bond acceptors (Lipinski definition) is 4. The van der Waals surface area contributed by atoms with Gasteiger partial charge in [-0.25, -0.2) is 9.59 Å². The number of carbonyl (C=O) groups excluding carboxylic acids is 2. The van der Waals surface area contributed by atoms with Crippen molar-refractivity contribution in [3.05, 3.63) is 47.5 Å². The number of ether oxygens (including phenoxy) is 2. The fraction of sp³-hybridized carbons (Fsp3) is 0.250.